The number of rotatable bonds is 3. The molecule has 19 heavy (non-hydrogen) atoms. The van der Waals surface area contributed by atoms with Crippen LogP contribution >= 0.6 is 11.6 Å². The molecule has 0 spiro atoms. The number of anilines is 2. The topological polar surface area (TPSA) is 40.7 Å². The average molecular weight is 270 g/mol. The van der Waals surface area contributed by atoms with Crippen LogP contribution in [0.15, 0.2) is 60.8 Å². The predicted molar refractivity (Wildman–Crippen MR) is 78.8 cm³/mol. The number of aromatic nitrogens is 2. The molecule has 0 radical (unpaired) electrons. The summed E-state index contributed by atoms with van der Waals surface area (Å²) in [7, 11) is 0. The van der Waals surface area contributed by atoms with Gasteiger partial charge in [-0.15, -0.1) is 0 Å². The van der Waals surface area contributed by atoms with Crippen molar-refractivity contribution in [3.05, 3.63) is 65.8 Å². The molecule has 3 nitrogen and oxygen atoms in total. The number of aromatic amines is 1. The molecule has 1 aromatic heterocycles. The Hall–Kier alpha value is -2.26. The molecule has 0 unspecified atom stereocenters. The molecule has 0 aliphatic rings. The zero-order chi connectivity index (χ0) is 13.1. The van der Waals surface area contributed by atoms with Crippen LogP contribution in [0.4, 0.5) is 11.4 Å². The van der Waals surface area contributed by atoms with E-state index in [2.05, 4.69) is 15.5 Å². The molecule has 2 aromatic carbocycles. The highest BCUT2D eigenvalue weighted by Crippen LogP contribution is 2.28. The van der Waals surface area contributed by atoms with Crippen molar-refractivity contribution in [2.45, 2.75) is 0 Å². The summed E-state index contributed by atoms with van der Waals surface area (Å²) in [5.41, 5.74) is 3.98. The first-order valence-electron chi connectivity index (χ1n) is 5.94. The van der Waals surface area contributed by atoms with Gasteiger partial charge in [0.25, 0.3) is 0 Å². The van der Waals surface area contributed by atoms with Gasteiger partial charge in [0.2, 0.25) is 0 Å². The summed E-state index contributed by atoms with van der Waals surface area (Å²) in [5.74, 6) is 0. The van der Waals surface area contributed by atoms with Crippen LogP contribution in [0.2, 0.25) is 5.02 Å². The quantitative estimate of drug-likeness (QED) is 0.736. The fraction of sp³-hybridized carbons (Fsp3) is 0. The maximum Gasteiger partial charge on any atom is 0.0885 e. The summed E-state index contributed by atoms with van der Waals surface area (Å²) in [6.07, 6.45) is 1.77. The smallest absolute Gasteiger partial charge is 0.0885 e. The van der Waals surface area contributed by atoms with Gasteiger partial charge in [-0.25, -0.2) is 0 Å². The molecule has 0 aliphatic carbocycles. The maximum absolute atomic E-state index is 5.87. The Bertz CT molecular complexity index is 659. The monoisotopic (exact) mass is 269 g/mol. The van der Waals surface area contributed by atoms with Crippen LogP contribution in [0.25, 0.3) is 11.3 Å². The van der Waals surface area contributed by atoms with Gasteiger partial charge in [0.05, 0.1) is 17.6 Å². The van der Waals surface area contributed by atoms with Crippen LogP contribution in [0, 0.1) is 0 Å². The number of nitrogens with zero attached hydrogens (tertiary/aromatic N) is 1. The molecule has 3 rings (SSSR count). The summed E-state index contributed by atoms with van der Waals surface area (Å²) in [5, 5.41) is 11.2. The standard InChI is InChI=1S/C15H12ClN3/c16-12-6-8-13(9-7-12)18-14-10-17-19-15(14)11-4-2-1-3-5-11/h1-10,18H,(H,17,19). The number of halogens is 1. The molecule has 0 amide bonds. The third-order valence-electron chi connectivity index (χ3n) is 2.83. The third kappa shape index (κ3) is 2.61. The summed E-state index contributed by atoms with van der Waals surface area (Å²) in [6, 6.07) is 17.7. The van der Waals surface area contributed by atoms with Gasteiger partial charge in [0, 0.05) is 16.3 Å². The van der Waals surface area contributed by atoms with E-state index in [1.807, 2.05) is 54.6 Å². The second kappa shape index (κ2) is 5.16. The minimum Gasteiger partial charge on any atom is -0.352 e. The largest absolute Gasteiger partial charge is 0.352 e. The van der Waals surface area contributed by atoms with Gasteiger partial charge in [-0.1, -0.05) is 41.9 Å². The first-order valence-corrected chi connectivity index (χ1v) is 6.32. The molecule has 0 aliphatic heterocycles. The highest BCUT2D eigenvalue weighted by atomic mass is 35.5. The van der Waals surface area contributed by atoms with Gasteiger partial charge in [-0.2, -0.15) is 5.10 Å². The zero-order valence-corrected chi connectivity index (χ0v) is 10.9. The van der Waals surface area contributed by atoms with Crippen LogP contribution in [0.5, 0.6) is 0 Å². The van der Waals surface area contributed by atoms with Crippen molar-refractivity contribution in [3.8, 4) is 11.3 Å². The molecule has 0 atom stereocenters. The fourth-order valence-corrected chi connectivity index (χ4v) is 2.02. The van der Waals surface area contributed by atoms with Crippen LogP contribution in [-0.4, -0.2) is 10.2 Å². The SMILES string of the molecule is Clc1ccc(Nc2cn[nH]c2-c2ccccc2)cc1. The van der Waals surface area contributed by atoms with Gasteiger partial charge in [0.1, 0.15) is 0 Å². The molecule has 3 aromatic rings. The normalized spacial score (nSPS) is 10.4. The third-order valence-corrected chi connectivity index (χ3v) is 3.08. The summed E-state index contributed by atoms with van der Waals surface area (Å²) < 4.78 is 0. The zero-order valence-electron chi connectivity index (χ0n) is 10.1. The Balaban J connectivity index is 1.91. The lowest BCUT2D eigenvalue weighted by Crippen LogP contribution is -1.90. The lowest BCUT2D eigenvalue weighted by molar-refractivity contribution is 1.10. The van der Waals surface area contributed by atoms with Crippen molar-refractivity contribution in [2.24, 2.45) is 0 Å². The molecular weight excluding hydrogens is 258 g/mol. The first-order chi connectivity index (χ1) is 9.33. The van der Waals surface area contributed by atoms with Gasteiger partial charge >= 0.3 is 0 Å². The van der Waals surface area contributed by atoms with Gasteiger partial charge < -0.3 is 5.32 Å². The minimum atomic E-state index is 0.723. The second-order valence-corrected chi connectivity index (χ2v) is 4.59. The molecule has 2 N–H and O–H groups in total. The maximum atomic E-state index is 5.87. The van der Waals surface area contributed by atoms with Gasteiger partial charge in [-0.05, 0) is 24.3 Å². The molecule has 0 saturated heterocycles. The Morgan fingerprint density at radius 2 is 1.68 bits per heavy atom. The van der Waals surface area contributed by atoms with E-state index in [0.717, 1.165) is 27.7 Å². The van der Waals surface area contributed by atoms with E-state index < -0.39 is 0 Å². The number of hydrogen-bond acceptors (Lipinski definition) is 2. The summed E-state index contributed by atoms with van der Waals surface area (Å²) >= 11 is 5.87. The number of H-pyrrole nitrogens is 1. The number of nitrogens with one attached hydrogen (secondary N) is 2. The van der Waals surface area contributed by atoms with Crippen molar-refractivity contribution in [1.82, 2.24) is 10.2 Å². The van der Waals surface area contributed by atoms with Crippen molar-refractivity contribution >= 4 is 23.0 Å². The summed E-state index contributed by atoms with van der Waals surface area (Å²) in [4.78, 5) is 0. The summed E-state index contributed by atoms with van der Waals surface area (Å²) in [6.45, 7) is 0. The predicted octanol–water partition coefficient (Wildman–Crippen LogP) is 4.47. The van der Waals surface area contributed by atoms with Crippen LogP contribution in [-0.2, 0) is 0 Å². The van der Waals surface area contributed by atoms with E-state index in [1.165, 1.54) is 0 Å². The van der Waals surface area contributed by atoms with E-state index in [-0.39, 0.29) is 0 Å². The van der Waals surface area contributed by atoms with E-state index in [9.17, 15) is 0 Å². The average Bonchev–Trinajstić information content (AvgIpc) is 2.90. The van der Waals surface area contributed by atoms with Crippen molar-refractivity contribution in [3.63, 3.8) is 0 Å². The van der Waals surface area contributed by atoms with E-state index in [0.29, 0.717) is 0 Å². The Kier molecular flexibility index (Phi) is 3.21. The number of hydrogen-bond donors (Lipinski definition) is 2. The molecule has 94 valence electrons. The molecule has 0 saturated carbocycles. The lowest BCUT2D eigenvalue weighted by Gasteiger charge is -2.07. The van der Waals surface area contributed by atoms with Crippen molar-refractivity contribution < 1.29 is 0 Å². The van der Waals surface area contributed by atoms with Crippen molar-refractivity contribution in [1.29, 1.82) is 0 Å². The van der Waals surface area contributed by atoms with Crippen LogP contribution < -0.4 is 5.32 Å². The lowest BCUT2D eigenvalue weighted by atomic mass is 10.1. The van der Waals surface area contributed by atoms with Gasteiger partial charge in [-0.3, -0.25) is 5.10 Å². The Labute approximate surface area is 116 Å². The molecular formula is C15H12ClN3. The molecule has 1 heterocycles. The first kappa shape index (κ1) is 11.8. The Morgan fingerprint density at radius 1 is 0.947 bits per heavy atom. The van der Waals surface area contributed by atoms with E-state index >= 15 is 0 Å². The van der Waals surface area contributed by atoms with Crippen molar-refractivity contribution in [2.75, 3.05) is 5.32 Å². The number of benzene rings is 2. The highest BCUT2D eigenvalue weighted by Gasteiger charge is 2.07. The van der Waals surface area contributed by atoms with Crippen LogP contribution in [0.3, 0.4) is 0 Å². The van der Waals surface area contributed by atoms with E-state index in [1.54, 1.807) is 6.20 Å². The minimum absolute atomic E-state index is 0.723. The van der Waals surface area contributed by atoms with Gasteiger partial charge in [0.15, 0.2) is 0 Å². The molecule has 0 bridgehead atoms. The highest BCUT2D eigenvalue weighted by molar-refractivity contribution is 6.30. The van der Waals surface area contributed by atoms with Crippen LogP contribution in [0.1, 0.15) is 0 Å². The second-order valence-electron chi connectivity index (χ2n) is 4.16. The molecule has 4 heteroatoms. The molecule has 0 fully saturated rings. The van der Waals surface area contributed by atoms with E-state index in [4.69, 9.17) is 11.6 Å². The Morgan fingerprint density at radius 3 is 2.42 bits per heavy atom. The fourth-order valence-electron chi connectivity index (χ4n) is 1.89.